The number of hydrogen-bond acceptors (Lipinski definition) is 6. The molecule has 0 saturated carbocycles. The monoisotopic (exact) mass is 361 g/mol. The zero-order valence-corrected chi connectivity index (χ0v) is 15.5. The Morgan fingerprint density at radius 2 is 1.70 bits per heavy atom. The molecule has 0 aliphatic heterocycles. The molecule has 2 N–H and O–H groups in total. The van der Waals surface area contributed by atoms with E-state index in [0.29, 0.717) is 22.8 Å². The molecule has 0 unspecified atom stereocenters. The van der Waals surface area contributed by atoms with E-state index < -0.39 is 0 Å². The van der Waals surface area contributed by atoms with Gasteiger partial charge in [-0.05, 0) is 58.0 Å². The van der Waals surface area contributed by atoms with E-state index in [1.54, 1.807) is 38.1 Å². The lowest BCUT2D eigenvalue weighted by Gasteiger charge is -2.08. The van der Waals surface area contributed by atoms with Gasteiger partial charge in [-0.1, -0.05) is 0 Å². The van der Waals surface area contributed by atoms with Crippen molar-refractivity contribution in [3.63, 3.8) is 0 Å². The van der Waals surface area contributed by atoms with Gasteiger partial charge in [0.15, 0.2) is 0 Å². The Hall–Kier alpha value is -3.66. The van der Waals surface area contributed by atoms with Crippen molar-refractivity contribution in [2.45, 2.75) is 27.7 Å². The summed E-state index contributed by atoms with van der Waals surface area (Å²) in [5.74, 6) is 0.928. The van der Waals surface area contributed by atoms with Crippen LogP contribution in [0.1, 0.15) is 38.6 Å². The highest BCUT2D eigenvalue weighted by Crippen LogP contribution is 2.26. The predicted molar refractivity (Wildman–Crippen MR) is 102 cm³/mol. The van der Waals surface area contributed by atoms with Crippen molar-refractivity contribution in [1.29, 1.82) is 5.26 Å². The number of rotatable bonds is 4. The van der Waals surface area contributed by atoms with Crippen LogP contribution >= 0.6 is 0 Å². The van der Waals surface area contributed by atoms with E-state index >= 15 is 0 Å². The highest BCUT2D eigenvalue weighted by Gasteiger charge is 2.17. The van der Waals surface area contributed by atoms with E-state index in [1.165, 1.54) is 0 Å². The zero-order chi connectivity index (χ0) is 19.6. The van der Waals surface area contributed by atoms with E-state index in [0.717, 1.165) is 22.6 Å². The van der Waals surface area contributed by atoms with Gasteiger partial charge < -0.3 is 9.73 Å². The molecule has 136 valence electrons. The summed E-state index contributed by atoms with van der Waals surface area (Å²) in [4.78, 5) is 21.1. The molecule has 3 rings (SSSR count). The van der Waals surface area contributed by atoms with Gasteiger partial charge in [0.25, 0.3) is 5.91 Å². The smallest absolute Gasteiger partial charge is 0.258 e. The minimum absolute atomic E-state index is 0.170. The molecule has 27 heavy (non-hydrogen) atoms. The maximum absolute atomic E-state index is 12.4. The first kappa shape index (κ1) is 18.1. The van der Waals surface area contributed by atoms with Crippen LogP contribution in [0.3, 0.4) is 0 Å². The number of hydrogen-bond donors (Lipinski definition) is 2. The van der Waals surface area contributed by atoms with Crippen molar-refractivity contribution in [3.8, 4) is 6.07 Å². The first-order valence-corrected chi connectivity index (χ1v) is 8.38. The summed E-state index contributed by atoms with van der Waals surface area (Å²) in [6.07, 6.45) is 0. The second-order valence-electron chi connectivity index (χ2n) is 6.23. The average molecular weight is 361 g/mol. The summed E-state index contributed by atoms with van der Waals surface area (Å²) < 4.78 is 5.47. The number of nitrogens with one attached hydrogen (secondary N) is 2. The molecule has 0 aliphatic rings. The maximum Gasteiger partial charge on any atom is 0.258 e. The van der Waals surface area contributed by atoms with Gasteiger partial charge in [-0.2, -0.15) is 5.26 Å². The van der Waals surface area contributed by atoms with Crippen molar-refractivity contribution in [1.82, 2.24) is 9.97 Å². The standard InChI is InChI=1S/C20H19N5O2/c1-11-9-12(2)23-20(22-11)24-16-7-5-15(6-8-16)18(26)25-19-17(10-21)13(3)14(4)27-19/h5-9H,1-4H3,(H,25,26)(H,22,23,24). The SMILES string of the molecule is Cc1cc(C)nc(Nc2ccc(C(=O)Nc3oc(C)c(C)c3C#N)cc2)n1. The van der Waals surface area contributed by atoms with Crippen molar-refractivity contribution in [2.75, 3.05) is 10.6 Å². The quantitative estimate of drug-likeness (QED) is 0.723. The van der Waals surface area contributed by atoms with E-state index in [9.17, 15) is 10.1 Å². The molecule has 0 fully saturated rings. The summed E-state index contributed by atoms with van der Waals surface area (Å²) in [6.45, 7) is 7.34. The molecular weight excluding hydrogens is 342 g/mol. The summed E-state index contributed by atoms with van der Waals surface area (Å²) in [5.41, 5.74) is 4.01. The lowest BCUT2D eigenvalue weighted by Crippen LogP contribution is -2.12. The Bertz CT molecular complexity index is 1030. The Kier molecular flexibility index (Phi) is 4.90. The molecule has 1 aromatic carbocycles. The molecule has 7 heteroatoms. The minimum Gasteiger partial charge on any atom is -0.444 e. The van der Waals surface area contributed by atoms with Crippen molar-refractivity contribution in [3.05, 3.63) is 64.2 Å². The van der Waals surface area contributed by atoms with E-state index in [-0.39, 0.29) is 11.8 Å². The fourth-order valence-electron chi connectivity index (χ4n) is 2.64. The molecule has 0 bridgehead atoms. The third-order valence-corrected chi connectivity index (χ3v) is 4.11. The number of carbonyl (C=O) groups excluding carboxylic acids is 1. The number of aryl methyl sites for hydroxylation is 3. The zero-order valence-electron chi connectivity index (χ0n) is 15.5. The first-order valence-electron chi connectivity index (χ1n) is 8.38. The van der Waals surface area contributed by atoms with Gasteiger partial charge in [0, 0.05) is 28.2 Å². The summed E-state index contributed by atoms with van der Waals surface area (Å²) in [6, 6.07) is 10.8. The normalized spacial score (nSPS) is 10.3. The van der Waals surface area contributed by atoms with Gasteiger partial charge in [-0.15, -0.1) is 0 Å². The molecule has 0 atom stereocenters. The Morgan fingerprint density at radius 1 is 1.07 bits per heavy atom. The predicted octanol–water partition coefficient (Wildman–Crippen LogP) is 4.17. The lowest BCUT2D eigenvalue weighted by atomic mass is 10.1. The fraction of sp³-hybridized carbons (Fsp3) is 0.200. The number of nitrogens with zero attached hydrogens (tertiary/aromatic N) is 3. The Morgan fingerprint density at radius 3 is 2.30 bits per heavy atom. The molecule has 2 heterocycles. The number of benzene rings is 1. The lowest BCUT2D eigenvalue weighted by molar-refractivity contribution is 0.102. The van der Waals surface area contributed by atoms with Crippen LogP contribution in [-0.2, 0) is 0 Å². The Balaban J connectivity index is 1.74. The van der Waals surface area contributed by atoms with Gasteiger partial charge in [-0.25, -0.2) is 9.97 Å². The highest BCUT2D eigenvalue weighted by molar-refractivity contribution is 6.04. The summed E-state index contributed by atoms with van der Waals surface area (Å²) >= 11 is 0. The number of furan rings is 1. The summed E-state index contributed by atoms with van der Waals surface area (Å²) in [7, 11) is 0. The van der Waals surface area contributed by atoms with Crippen molar-refractivity contribution in [2.24, 2.45) is 0 Å². The number of carbonyl (C=O) groups is 1. The van der Waals surface area contributed by atoms with E-state index in [4.69, 9.17) is 4.42 Å². The number of amides is 1. The van der Waals surface area contributed by atoms with Gasteiger partial charge in [0.1, 0.15) is 17.4 Å². The van der Waals surface area contributed by atoms with Gasteiger partial charge in [0.05, 0.1) is 0 Å². The van der Waals surface area contributed by atoms with Gasteiger partial charge >= 0.3 is 0 Å². The highest BCUT2D eigenvalue weighted by atomic mass is 16.4. The number of aromatic nitrogens is 2. The van der Waals surface area contributed by atoms with Crippen molar-refractivity contribution < 1.29 is 9.21 Å². The first-order chi connectivity index (χ1) is 12.9. The molecule has 0 spiro atoms. The van der Waals surface area contributed by atoms with E-state index in [2.05, 4.69) is 26.7 Å². The van der Waals surface area contributed by atoms with Crippen LogP contribution in [0.15, 0.2) is 34.7 Å². The third-order valence-electron chi connectivity index (χ3n) is 4.11. The third kappa shape index (κ3) is 3.96. The molecule has 0 radical (unpaired) electrons. The molecule has 0 aliphatic carbocycles. The molecule has 7 nitrogen and oxygen atoms in total. The fourth-order valence-corrected chi connectivity index (χ4v) is 2.64. The largest absolute Gasteiger partial charge is 0.444 e. The summed E-state index contributed by atoms with van der Waals surface area (Å²) in [5, 5.41) is 15.0. The van der Waals surface area contributed by atoms with Crippen LogP contribution in [0.4, 0.5) is 17.5 Å². The molecule has 2 aromatic heterocycles. The Labute approximate surface area is 157 Å². The van der Waals surface area contributed by atoms with Crippen LogP contribution in [0.5, 0.6) is 0 Å². The topological polar surface area (TPSA) is 104 Å². The molecular formula is C20H19N5O2. The van der Waals surface area contributed by atoms with Crippen LogP contribution in [-0.4, -0.2) is 15.9 Å². The van der Waals surface area contributed by atoms with Crippen molar-refractivity contribution >= 4 is 23.4 Å². The maximum atomic E-state index is 12.4. The second-order valence-corrected chi connectivity index (χ2v) is 6.23. The molecule has 3 aromatic rings. The van der Waals surface area contributed by atoms with Crippen LogP contribution in [0, 0.1) is 39.0 Å². The van der Waals surface area contributed by atoms with E-state index in [1.807, 2.05) is 19.9 Å². The van der Waals surface area contributed by atoms with Crippen LogP contribution in [0.25, 0.3) is 0 Å². The van der Waals surface area contributed by atoms with Gasteiger partial charge in [0.2, 0.25) is 11.8 Å². The second kappa shape index (κ2) is 7.30. The molecule has 1 amide bonds. The minimum atomic E-state index is -0.352. The number of anilines is 3. The van der Waals surface area contributed by atoms with Gasteiger partial charge in [-0.3, -0.25) is 10.1 Å². The molecule has 0 saturated heterocycles. The average Bonchev–Trinajstić information content (AvgIpc) is 2.87. The number of nitriles is 1. The van der Waals surface area contributed by atoms with Crippen LogP contribution in [0.2, 0.25) is 0 Å². The van der Waals surface area contributed by atoms with Crippen LogP contribution < -0.4 is 10.6 Å².